The van der Waals surface area contributed by atoms with E-state index >= 15 is 0 Å². The monoisotopic (exact) mass is 416 g/mol. The molecule has 0 amide bonds. The highest BCUT2D eigenvalue weighted by molar-refractivity contribution is 7.85. The number of rotatable bonds is 3. The third-order valence-electron chi connectivity index (χ3n) is 5.15. The van der Waals surface area contributed by atoms with Crippen molar-refractivity contribution in [3.63, 3.8) is 0 Å². The zero-order valence-corrected chi connectivity index (χ0v) is 16.9. The van der Waals surface area contributed by atoms with Crippen LogP contribution in [0.5, 0.6) is 0 Å². The van der Waals surface area contributed by atoms with Crippen LogP contribution < -0.4 is 0 Å². The van der Waals surface area contributed by atoms with Gasteiger partial charge in [-0.2, -0.15) is 0 Å². The molecule has 0 spiro atoms. The SMILES string of the molecule is O=S(O)c1ccc2c(c1)-c1cc(-c3ccc(-c4ccccc4)cc3)ccc1S2=O. The molecule has 142 valence electrons. The summed E-state index contributed by atoms with van der Waals surface area (Å²) in [6.45, 7) is 0. The minimum atomic E-state index is -2.07. The first-order valence-electron chi connectivity index (χ1n) is 9.09. The number of fused-ring (bicyclic) bond motifs is 3. The molecule has 1 aliphatic rings. The molecule has 0 aliphatic carbocycles. The molecule has 0 saturated carbocycles. The Kier molecular flexibility index (Phi) is 4.51. The highest BCUT2D eigenvalue weighted by Crippen LogP contribution is 2.43. The lowest BCUT2D eigenvalue weighted by molar-refractivity contribution is 0.564. The van der Waals surface area contributed by atoms with Gasteiger partial charge in [-0.3, -0.25) is 0 Å². The van der Waals surface area contributed by atoms with E-state index in [1.54, 1.807) is 18.2 Å². The van der Waals surface area contributed by atoms with Crippen LogP contribution in [-0.2, 0) is 21.9 Å². The fourth-order valence-electron chi connectivity index (χ4n) is 3.68. The minimum absolute atomic E-state index is 0.311. The maximum Gasteiger partial charge on any atom is 0.186 e. The van der Waals surface area contributed by atoms with Crippen LogP contribution >= 0.6 is 0 Å². The first kappa shape index (κ1) is 18.2. The lowest BCUT2D eigenvalue weighted by Crippen LogP contribution is -1.90. The van der Waals surface area contributed by atoms with Crippen molar-refractivity contribution in [2.24, 2.45) is 0 Å². The van der Waals surface area contributed by atoms with E-state index in [0.717, 1.165) is 32.7 Å². The summed E-state index contributed by atoms with van der Waals surface area (Å²) in [5.74, 6) is 0. The van der Waals surface area contributed by atoms with E-state index in [9.17, 15) is 13.0 Å². The van der Waals surface area contributed by atoms with Gasteiger partial charge < -0.3 is 4.55 Å². The molecule has 1 aliphatic heterocycles. The predicted octanol–water partition coefficient (Wildman–Crippen LogP) is 5.75. The van der Waals surface area contributed by atoms with Crippen molar-refractivity contribution >= 4 is 21.9 Å². The second-order valence-corrected chi connectivity index (χ2v) is 9.22. The Morgan fingerprint density at radius 1 is 0.621 bits per heavy atom. The first-order chi connectivity index (χ1) is 14.1. The summed E-state index contributed by atoms with van der Waals surface area (Å²) in [6, 6.07) is 29.3. The van der Waals surface area contributed by atoms with Crippen LogP contribution in [0.3, 0.4) is 0 Å². The van der Waals surface area contributed by atoms with E-state index in [4.69, 9.17) is 0 Å². The zero-order chi connectivity index (χ0) is 20.0. The van der Waals surface area contributed by atoms with Crippen LogP contribution in [0.25, 0.3) is 33.4 Å². The average molecular weight is 417 g/mol. The van der Waals surface area contributed by atoms with Gasteiger partial charge in [0.1, 0.15) is 0 Å². The number of hydrogen-bond acceptors (Lipinski definition) is 2. The summed E-state index contributed by atoms with van der Waals surface area (Å²) >= 11 is -2.07. The third-order valence-corrected chi connectivity index (χ3v) is 7.32. The van der Waals surface area contributed by atoms with E-state index < -0.39 is 21.9 Å². The Morgan fingerprint density at radius 3 is 1.79 bits per heavy atom. The largest absolute Gasteiger partial charge is 0.302 e. The van der Waals surface area contributed by atoms with Crippen molar-refractivity contribution in [2.45, 2.75) is 14.7 Å². The molecular formula is C24H16O3S2. The van der Waals surface area contributed by atoms with Crippen LogP contribution in [0.15, 0.2) is 106 Å². The van der Waals surface area contributed by atoms with Gasteiger partial charge in [0.2, 0.25) is 0 Å². The molecule has 3 nitrogen and oxygen atoms in total. The molecule has 1 heterocycles. The van der Waals surface area contributed by atoms with Crippen molar-refractivity contribution in [1.82, 2.24) is 0 Å². The van der Waals surface area contributed by atoms with E-state index in [1.807, 2.05) is 36.4 Å². The summed E-state index contributed by atoms with van der Waals surface area (Å²) in [5, 5.41) is 0. The highest BCUT2D eigenvalue weighted by Gasteiger charge is 2.26. The summed E-state index contributed by atoms with van der Waals surface area (Å²) in [7, 11) is -1.27. The molecule has 4 aromatic carbocycles. The van der Waals surface area contributed by atoms with Crippen molar-refractivity contribution in [2.75, 3.05) is 0 Å². The smallest absolute Gasteiger partial charge is 0.186 e. The van der Waals surface area contributed by atoms with E-state index in [2.05, 4.69) is 36.4 Å². The summed E-state index contributed by atoms with van der Waals surface area (Å²) in [4.78, 5) is 1.74. The van der Waals surface area contributed by atoms with Gasteiger partial charge in [-0.1, -0.05) is 60.7 Å². The maximum absolute atomic E-state index is 12.8. The molecule has 5 rings (SSSR count). The fraction of sp³-hybridized carbons (Fsp3) is 0. The van der Waals surface area contributed by atoms with Gasteiger partial charge in [-0.15, -0.1) is 0 Å². The van der Waals surface area contributed by atoms with Gasteiger partial charge in [-0.25, -0.2) is 8.42 Å². The van der Waals surface area contributed by atoms with Crippen LogP contribution in [0.4, 0.5) is 0 Å². The van der Waals surface area contributed by atoms with Crippen LogP contribution in [0.1, 0.15) is 0 Å². The number of hydrogen-bond donors (Lipinski definition) is 1. The third kappa shape index (κ3) is 3.17. The zero-order valence-electron chi connectivity index (χ0n) is 15.2. The molecule has 2 atom stereocenters. The van der Waals surface area contributed by atoms with Crippen LogP contribution in [-0.4, -0.2) is 13.0 Å². The molecule has 0 radical (unpaired) electrons. The van der Waals surface area contributed by atoms with Gasteiger partial charge in [0, 0.05) is 11.1 Å². The highest BCUT2D eigenvalue weighted by atomic mass is 32.2. The molecule has 5 heteroatoms. The Labute approximate surface area is 173 Å². The Morgan fingerprint density at radius 2 is 1.14 bits per heavy atom. The van der Waals surface area contributed by atoms with Crippen LogP contribution in [0.2, 0.25) is 0 Å². The van der Waals surface area contributed by atoms with Crippen LogP contribution in [0, 0.1) is 0 Å². The fourth-order valence-corrected chi connectivity index (χ4v) is 5.44. The Hall–Kier alpha value is -2.86. The van der Waals surface area contributed by atoms with E-state index in [-0.39, 0.29) is 0 Å². The molecule has 29 heavy (non-hydrogen) atoms. The lowest BCUT2D eigenvalue weighted by Gasteiger charge is -2.07. The van der Waals surface area contributed by atoms with E-state index in [1.165, 1.54) is 5.56 Å². The molecule has 0 aromatic heterocycles. The summed E-state index contributed by atoms with van der Waals surface area (Å²) < 4.78 is 33.7. The molecule has 1 N–H and O–H groups in total. The molecule has 4 aromatic rings. The van der Waals surface area contributed by atoms with Gasteiger partial charge >= 0.3 is 0 Å². The standard InChI is InChI=1S/C24H16O3S2/c25-28-23-12-10-19(14-21(23)22-15-20(29(26)27)11-13-24(22)28)18-8-6-17(7-9-18)16-4-2-1-3-5-16/h1-15H,(H,26,27). The van der Waals surface area contributed by atoms with Crippen molar-refractivity contribution in [1.29, 1.82) is 0 Å². The number of benzene rings is 4. The quantitative estimate of drug-likeness (QED) is 0.381. The van der Waals surface area contributed by atoms with E-state index in [0.29, 0.717) is 9.79 Å². The molecule has 0 fully saturated rings. The Bertz CT molecular complexity index is 1280. The molecule has 0 saturated heterocycles. The first-order valence-corrected chi connectivity index (χ1v) is 11.3. The average Bonchev–Trinajstić information content (AvgIpc) is 3.05. The molecule has 0 bridgehead atoms. The van der Waals surface area contributed by atoms with Gasteiger partial charge in [0.05, 0.1) is 25.5 Å². The lowest BCUT2D eigenvalue weighted by atomic mass is 9.97. The second-order valence-electron chi connectivity index (χ2n) is 6.83. The van der Waals surface area contributed by atoms with Gasteiger partial charge in [0.25, 0.3) is 0 Å². The van der Waals surface area contributed by atoms with Crippen molar-refractivity contribution in [3.8, 4) is 33.4 Å². The minimum Gasteiger partial charge on any atom is -0.302 e. The predicted molar refractivity (Wildman–Crippen MR) is 116 cm³/mol. The topological polar surface area (TPSA) is 54.4 Å². The maximum atomic E-state index is 12.8. The normalized spacial score (nSPS) is 15.6. The molecule has 2 unspecified atom stereocenters. The summed E-state index contributed by atoms with van der Waals surface area (Å²) in [5.41, 5.74) is 6.02. The van der Waals surface area contributed by atoms with Gasteiger partial charge in [-0.05, 0) is 52.6 Å². The summed E-state index contributed by atoms with van der Waals surface area (Å²) in [6.07, 6.45) is 0. The van der Waals surface area contributed by atoms with Crippen molar-refractivity contribution < 1.29 is 13.0 Å². The van der Waals surface area contributed by atoms with Crippen molar-refractivity contribution in [3.05, 3.63) is 91.0 Å². The molecular weight excluding hydrogens is 400 g/mol. The second kappa shape index (κ2) is 7.19. The van der Waals surface area contributed by atoms with Gasteiger partial charge in [0.15, 0.2) is 11.1 Å². The Balaban J connectivity index is 1.57.